The van der Waals surface area contributed by atoms with E-state index in [2.05, 4.69) is 19.8 Å². The number of nitrogens with two attached hydrogens (primary N) is 1. The summed E-state index contributed by atoms with van der Waals surface area (Å²) in [6.45, 7) is 4.46. The number of halogens is 4. The van der Waals surface area contributed by atoms with Crippen molar-refractivity contribution in [3.05, 3.63) is 58.5 Å². The molecule has 0 saturated heterocycles. The number of aromatic carboxylic acids is 1. The smallest absolute Gasteiger partial charge is 0.433 e. The topological polar surface area (TPSA) is 173 Å². The number of sulfonamides is 1. The third-order valence-corrected chi connectivity index (χ3v) is 8.50. The number of aliphatic hydroxyl groups is 1. The van der Waals surface area contributed by atoms with E-state index in [1.165, 1.54) is 24.3 Å². The summed E-state index contributed by atoms with van der Waals surface area (Å²) in [5.41, 5.74) is 3.34. The van der Waals surface area contributed by atoms with E-state index in [9.17, 15) is 26.4 Å². The van der Waals surface area contributed by atoms with Crippen LogP contribution in [0.25, 0.3) is 16.9 Å². The molecular formula is C22H22ClF3N6O5S2. The zero-order valence-corrected chi connectivity index (χ0v) is 22.9. The fraction of sp³-hybridized carbons (Fsp3) is 0.273. The first-order valence-corrected chi connectivity index (χ1v) is 13.5. The van der Waals surface area contributed by atoms with E-state index in [0.717, 1.165) is 23.6 Å². The van der Waals surface area contributed by atoms with Gasteiger partial charge in [0, 0.05) is 10.6 Å². The Morgan fingerprint density at radius 1 is 1.21 bits per heavy atom. The molecule has 0 unspecified atom stereocenters. The largest absolute Gasteiger partial charge is 0.477 e. The lowest BCUT2D eigenvalue weighted by Gasteiger charge is -2.22. The van der Waals surface area contributed by atoms with Gasteiger partial charge in [-0.15, -0.1) is 0 Å². The maximum absolute atomic E-state index is 13.2. The number of hydrogen-bond donors (Lipinski definition) is 4. The first kappa shape index (κ1) is 30.2. The Morgan fingerprint density at radius 2 is 1.82 bits per heavy atom. The zero-order chi connectivity index (χ0) is 29.3. The SMILES string of the molecule is Cc1nc(N)sc1S(=O)(=O)NC(C)(C)CO.O=C(O)c1cnn2c(C(F)(F)F)cc(-c3ccc(Cl)cc3)nc12. The molecule has 0 atom stereocenters. The summed E-state index contributed by atoms with van der Waals surface area (Å²) < 4.78 is 66.5. The number of aliphatic hydroxyl groups excluding tert-OH is 1. The van der Waals surface area contributed by atoms with Gasteiger partial charge in [0.25, 0.3) is 10.0 Å². The molecule has 0 aliphatic heterocycles. The summed E-state index contributed by atoms with van der Waals surface area (Å²) in [6.07, 6.45) is -3.88. The van der Waals surface area contributed by atoms with Crippen LogP contribution in [0.4, 0.5) is 18.3 Å². The van der Waals surface area contributed by atoms with Crippen LogP contribution in [0.15, 0.2) is 40.7 Å². The summed E-state index contributed by atoms with van der Waals surface area (Å²) in [6, 6.07) is 6.82. The van der Waals surface area contributed by atoms with Gasteiger partial charge in [0.05, 0.1) is 29.7 Å². The molecule has 4 aromatic rings. The molecule has 0 bridgehead atoms. The molecule has 0 amide bonds. The van der Waals surface area contributed by atoms with Crippen LogP contribution in [0, 0.1) is 6.92 Å². The van der Waals surface area contributed by atoms with Crippen LogP contribution in [-0.4, -0.2) is 56.3 Å². The Balaban J connectivity index is 0.000000231. The molecule has 1 aromatic carbocycles. The van der Waals surface area contributed by atoms with Gasteiger partial charge in [0.2, 0.25) is 0 Å². The van der Waals surface area contributed by atoms with Gasteiger partial charge in [-0.1, -0.05) is 35.1 Å². The number of nitrogen functional groups attached to an aromatic ring is 1. The van der Waals surface area contributed by atoms with E-state index in [0.29, 0.717) is 20.8 Å². The van der Waals surface area contributed by atoms with Crippen molar-refractivity contribution in [3.8, 4) is 11.3 Å². The van der Waals surface area contributed by atoms with Crippen molar-refractivity contribution in [1.82, 2.24) is 24.3 Å². The molecule has 4 rings (SSSR count). The third kappa shape index (κ3) is 7.02. The summed E-state index contributed by atoms with van der Waals surface area (Å²) in [7, 11) is -3.67. The van der Waals surface area contributed by atoms with Gasteiger partial charge in [-0.3, -0.25) is 0 Å². The second-order valence-electron chi connectivity index (χ2n) is 8.70. The molecule has 17 heteroatoms. The van der Waals surface area contributed by atoms with Gasteiger partial charge in [0.15, 0.2) is 20.7 Å². The number of carboxylic acids is 1. The summed E-state index contributed by atoms with van der Waals surface area (Å²) in [5, 5.41) is 22.2. The lowest BCUT2D eigenvalue weighted by atomic mass is 10.1. The highest BCUT2D eigenvalue weighted by atomic mass is 35.5. The van der Waals surface area contributed by atoms with Crippen molar-refractivity contribution in [2.45, 2.75) is 36.7 Å². The van der Waals surface area contributed by atoms with Gasteiger partial charge < -0.3 is 15.9 Å². The maximum atomic E-state index is 13.2. The van der Waals surface area contributed by atoms with E-state index in [1.54, 1.807) is 20.8 Å². The van der Waals surface area contributed by atoms with E-state index in [1.807, 2.05) is 0 Å². The van der Waals surface area contributed by atoms with Crippen molar-refractivity contribution < 1.29 is 36.6 Å². The van der Waals surface area contributed by atoms with E-state index in [4.69, 9.17) is 27.5 Å². The van der Waals surface area contributed by atoms with E-state index in [-0.39, 0.29) is 27.3 Å². The van der Waals surface area contributed by atoms with Crippen LogP contribution in [-0.2, 0) is 16.2 Å². The number of hydrogen-bond acceptors (Lipinski definition) is 9. The van der Waals surface area contributed by atoms with Gasteiger partial charge in [-0.2, -0.15) is 18.3 Å². The fourth-order valence-electron chi connectivity index (χ4n) is 3.18. The second-order valence-corrected chi connectivity index (χ2v) is 12.0. The Bertz CT molecular complexity index is 1620. The Hall–Kier alpha value is -3.31. The van der Waals surface area contributed by atoms with Crippen molar-refractivity contribution in [2.75, 3.05) is 12.3 Å². The van der Waals surface area contributed by atoms with Gasteiger partial charge in [0.1, 0.15) is 5.56 Å². The molecular weight excluding hydrogens is 585 g/mol. The predicted molar refractivity (Wildman–Crippen MR) is 138 cm³/mol. The monoisotopic (exact) mass is 606 g/mol. The second kappa shape index (κ2) is 11.1. The highest BCUT2D eigenvalue weighted by Crippen LogP contribution is 2.33. The molecule has 39 heavy (non-hydrogen) atoms. The Kier molecular flexibility index (Phi) is 8.57. The number of aromatic nitrogens is 4. The van der Waals surface area contributed by atoms with Gasteiger partial charge >= 0.3 is 12.1 Å². The highest BCUT2D eigenvalue weighted by Gasteiger charge is 2.36. The lowest BCUT2D eigenvalue weighted by molar-refractivity contribution is -0.142. The number of anilines is 1. The quantitative estimate of drug-likeness (QED) is 0.254. The molecule has 0 fully saturated rings. The van der Waals surface area contributed by atoms with Crippen LogP contribution in [0.1, 0.15) is 35.6 Å². The highest BCUT2D eigenvalue weighted by molar-refractivity contribution is 7.91. The van der Waals surface area contributed by atoms with E-state index < -0.39 is 39.0 Å². The molecule has 0 saturated carbocycles. The molecule has 3 aromatic heterocycles. The van der Waals surface area contributed by atoms with Crippen LogP contribution >= 0.6 is 22.9 Å². The molecule has 0 radical (unpaired) electrons. The molecule has 5 N–H and O–H groups in total. The summed E-state index contributed by atoms with van der Waals surface area (Å²) in [5.74, 6) is -1.41. The maximum Gasteiger partial charge on any atom is 0.433 e. The number of nitrogens with one attached hydrogen (secondary N) is 1. The number of thiazole rings is 1. The minimum absolute atomic E-state index is 0.0236. The number of aryl methyl sites for hydroxylation is 1. The first-order chi connectivity index (χ1) is 17.9. The van der Waals surface area contributed by atoms with Crippen molar-refractivity contribution in [3.63, 3.8) is 0 Å². The van der Waals surface area contributed by atoms with Crippen molar-refractivity contribution in [2.24, 2.45) is 0 Å². The van der Waals surface area contributed by atoms with E-state index >= 15 is 0 Å². The molecule has 210 valence electrons. The fourth-order valence-corrected chi connectivity index (χ4v) is 6.01. The number of carboxylic acid groups (broad SMARTS) is 1. The summed E-state index contributed by atoms with van der Waals surface area (Å²) in [4.78, 5) is 19.0. The lowest BCUT2D eigenvalue weighted by Crippen LogP contribution is -2.46. The predicted octanol–water partition coefficient (Wildman–Crippen LogP) is 3.85. The average Bonchev–Trinajstić information content (AvgIpc) is 3.41. The molecule has 0 aliphatic rings. The number of nitrogens with zero attached hydrogens (tertiary/aromatic N) is 4. The summed E-state index contributed by atoms with van der Waals surface area (Å²) >= 11 is 6.66. The minimum atomic E-state index is -4.72. The minimum Gasteiger partial charge on any atom is -0.477 e. The first-order valence-electron chi connectivity index (χ1n) is 10.8. The molecule has 0 aliphatic carbocycles. The Labute approximate surface area is 229 Å². The van der Waals surface area contributed by atoms with Crippen LogP contribution < -0.4 is 10.5 Å². The standard InChI is InChI=1S/C14H7ClF3N3O2.C8H15N3O3S2/c15-8-3-1-7(2-4-8)10-5-11(14(16,17)18)21-12(20-10)9(6-19-21)13(22)23;1-5-6(15-7(9)10-5)16(13,14)11-8(2,3)4-12/h1-6H,(H,22,23);11-12H,4H2,1-3H3,(H2,9,10). The normalized spacial score (nSPS) is 12.3. The van der Waals surface area contributed by atoms with Crippen LogP contribution in [0.5, 0.6) is 0 Å². The number of benzene rings is 1. The van der Waals surface area contributed by atoms with Crippen molar-refractivity contribution in [1.29, 1.82) is 0 Å². The van der Waals surface area contributed by atoms with Gasteiger partial charge in [-0.25, -0.2) is 32.4 Å². The van der Waals surface area contributed by atoms with Crippen LogP contribution in [0.3, 0.4) is 0 Å². The molecule has 11 nitrogen and oxygen atoms in total. The Morgan fingerprint density at radius 3 is 2.31 bits per heavy atom. The number of fused-ring (bicyclic) bond motifs is 1. The van der Waals surface area contributed by atoms with Crippen molar-refractivity contribution >= 4 is 49.7 Å². The average molecular weight is 607 g/mol. The number of carbonyl (C=O) groups is 1. The zero-order valence-electron chi connectivity index (χ0n) is 20.5. The number of rotatable bonds is 6. The molecule has 0 spiro atoms. The van der Waals surface area contributed by atoms with Gasteiger partial charge in [-0.05, 0) is 39.0 Å². The van der Waals surface area contributed by atoms with Crippen LogP contribution in [0.2, 0.25) is 5.02 Å². The number of alkyl halides is 3. The third-order valence-electron chi connectivity index (χ3n) is 4.95. The molecule has 3 heterocycles.